The van der Waals surface area contributed by atoms with Gasteiger partial charge in [0.2, 0.25) is 5.91 Å². The van der Waals surface area contributed by atoms with E-state index in [1.165, 1.54) is 11.0 Å². The zero-order valence-corrected chi connectivity index (χ0v) is 33.4. The van der Waals surface area contributed by atoms with E-state index in [0.717, 1.165) is 47.5 Å². The van der Waals surface area contributed by atoms with Crippen LogP contribution < -0.4 is 14.4 Å². The summed E-state index contributed by atoms with van der Waals surface area (Å²) >= 11 is 6.38. The first-order valence-electron chi connectivity index (χ1n) is 19.7. The van der Waals surface area contributed by atoms with Crippen LogP contribution in [-0.4, -0.2) is 117 Å². The highest BCUT2D eigenvalue weighted by Gasteiger charge is 2.46. The molecule has 0 radical (unpaired) electrons. The van der Waals surface area contributed by atoms with Gasteiger partial charge in [-0.2, -0.15) is 12.7 Å². The quantitative estimate of drug-likeness (QED) is 0.389. The largest absolute Gasteiger partial charge is 0.487 e. The molecular formula is C40H52ClF2N5O7S. The highest BCUT2D eigenvalue weighted by molar-refractivity contribution is 7.87. The summed E-state index contributed by atoms with van der Waals surface area (Å²) in [5, 5.41) is 13.0. The molecule has 1 aliphatic carbocycles. The standard InChI is InChI=1S/C40H52ClF2N5O7S/c1-45-15-4-3-8-35(54-20-19-46-26-39(42,43)27-46)33-13-10-29(33)24-47-16-5-2-7-28-21-32(41)12-9-30(28)25-55-36-14-11-31(22-34(36)47)40(51,23-37(45)49)38(50)44-56(52,53)48-17-6-18-48/h3,8-9,11-12,14,21-22,29,33,35,51H,2,4-7,10,13,15-20,23-27H2,1H3,(H,44,50)/b8-3+/t29-,33+,35-,40+/m0/s1. The number of hydrogen-bond acceptors (Lipinski definition) is 9. The number of nitrogens with zero attached hydrogens (tertiary/aromatic N) is 4. The number of aliphatic hydroxyl groups is 1. The van der Waals surface area contributed by atoms with Crippen molar-refractivity contribution in [2.45, 2.75) is 75.6 Å². The van der Waals surface area contributed by atoms with Crippen LogP contribution in [0.15, 0.2) is 48.6 Å². The van der Waals surface area contributed by atoms with Crippen LogP contribution in [0, 0.1) is 11.8 Å². The fourth-order valence-corrected chi connectivity index (χ4v) is 9.69. The number of amides is 2. The van der Waals surface area contributed by atoms with E-state index in [-0.39, 0.29) is 62.8 Å². The summed E-state index contributed by atoms with van der Waals surface area (Å²) in [5.74, 6) is -3.56. The van der Waals surface area contributed by atoms with Crippen LogP contribution in [0.5, 0.6) is 5.75 Å². The van der Waals surface area contributed by atoms with E-state index < -0.39 is 40.0 Å². The summed E-state index contributed by atoms with van der Waals surface area (Å²) in [7, 11) is -2.68. The molecule has 2 saturated heterocycles. The third-order valence-corrected chi connectivity index (χ3v) is 13.7. The second kappa shape index (κ2) is 16.9. The zero-order chi connectivity index (χ0) is 39.7. The number of nitrogens with one attached hydrogen (secondary N) is 1. The van der Waals surface area contributed by atoms with Crippen LogP contribution in [0.25, 0.3) is 0 Å². The van der Waals surface area contributed by atoms with Gasteiger partial charge in [0.25, 0.3) is 11.8 Å². The second-order valence-electron chi connectivity index (χ2n) is 15.9. The molecule has 306 valence electrons. The fourth-order valence-electron chi connectivity index (χ4n) is 8.22. The number of anilines is 1. The summed E-state index contributed by atoms with van der Waals surface area (Å²) in [6.07, 6.45) is 8.44. The SMILES string of the molecule is CN1CC/C=C/[C@H](OCCN2CC(F)(F)C2)[C@@H]2CC[C@H]2CN2CCCCc3cc(Cl)ccc3COc3ccc(cc32)[C@@](O)(C(=O)NS(=O)(=O)N2CCC2)CC1=O. The number of benzene rings is 2. The minimum absolute atomic E-state index is 0.0693. The van der Waals surface area contributed by atoms with E-state index in [4.69, 9.17) is 21.1 Å². The summed E-state index contributed by atoms with van der Waals surface area (Å²) in [5.41, 5.74) is 0.229. The first kappa shape index (κ1) is 40.8. The van der Waals surface area contributed by atoms with E-state index in [1.807, 2.05) is 30.4 Å². The molecule has 0 aromatic heterocycles. The zero-order valence-electron chi connectivity index (χ0n) is 31.8. The van der Waals surface area contributed by atoms with Gasteiger partial charge in [-0.1, -0.05) is 35.9 Å². The first-order chi connectivity index (χ1) is 26.7. The number of likely N-dealkylation sites (tertiary alicyclic amines) is 1. The molecular weight excluding hydrogens is 768 g/mol. The molecule has 1 saturated carbocycles. The van der Waals surface area contributed by atoms with E-state index >= 15 is 0 Å². The summed E-state index contributed by atoms with van der Waals surface area (Å²) in [6, 6.07) is 10.6. The number of hydrogen-bond donors (Lipinski definition) is 2. The van der Waals surface area contributed by atoms with Gasteiger partial charge < -0.3 is 24.4 Å². The Morgan fingerprint density at radius 1 is 1.05 bits per heavy atom. The number of rotatable bonds is 7. The number of carbonyl (C=O) groups excluding carboxylic acids is 2. The van der Waals surface area contributed by atoms with Gasteiger partial charge in [0, 0.05) is 51.3 Å². The minimum Gasteiger partial charge on any atom is -0.487 e. The molecule has 56 heavy (non-hydrogen) atoms. The Balaban J connectivity index is 1.24. The normalized spacial score (nSPS) is 28.2. The van der Waals surface area contributed by atoms with Crippen molar-refractivity contribution in [3.8, 4) is 5.75 Å². The van der Waals surface area contributed by atoms with Gasteiger partial charge in [-0.05, 0) is 97.7 Å². The summed E-state index contributed by atoms with van der Waals surface area (Å²) < 4.78 is 69.4. The molecule has 7 rings (SSSR count). The average Bonchev–Trinajstić information content (AvgIpc) is 3.12. The Morgan fingerprint density at radius 3 is 2.57 bits per heavy atom. The maximum atomic E-state index is 14.0. The lowest BCUT2D eigenvalue weighted by Crippen LogP contribution is -2.57. The van der Waals surface area contributed by atoms with Gasteiger partial charge in [0.1, 0.15) is 12.4 Å². The number of alkyl halides is 2. The van der Waals surface area contributed by atoms with Gasteiger partial charge >= 0.3 is 10.2 Å². The molecule has 2 aromatic rings. The first-order valence-corrected chi connectivity index (χ1v) is 21.5. The molecule has 4 heterocycles. The predicted octanol–water partition coefficient (Wildman–Crippen LogP) is 4.49. The molecule has 5 aliphatic rings. The number of aryl methyl sites for hydroxylation is 1. The minimum atomic E-state index is -4.25. The smallest absolute Gasteiger partial charge is 0.303 e. The van der Waals surface area contributed by atoms with Crippen LogP contribution in [0.1, 0.15) is 61.6 Å². The van der Waals surface area contributed by atoms with Gasteiger partial charge in [-0.3, -0.25) is 14.5 Å². The monoisotopic (exact) mass is 819 g/mol. The highest BCUT2D eigenvalue weighted by atomic mass is 35.5. The van der Waals surface area contributed by atoms with Crippen molar-refractivity contribution in [3.63, 3.8) is 0 Å². The molecule has 2 bridgehead atoms. The molecule has 2 N–H and O–H groups in total. The molecule has 12 nitrogen and oxygen atoms in total. The van der Waals surface area contributed by atoms with Crippen LogP contribution in [-0.2, 0) is 43.2 Å². The van der Waals surface area contributed by atoms with Crippen molar-refractivity contribution in [2.75, 3.05) is 70.9 Å². The Labute approximate surface area is 332 Å². The molecule has 0 unspecified atom stereocenters. The lowest BCUT2D eigenvalue weighted by Gasteiger charge is -2.44. The van der Waals surface area contributed by atoms with E-state index in [1.54, 1.807) is 24.1 Å². The lowest BCUT2D eigenvalue weighted by molar-refractivity contribution is -0.148. The van der Waals surface area contributed by atoms with Crippen LogP contribution in [0.4, 0.5) is 14.5 Å². The molecule has 2 aromatic carbocycles. The van der Waals surface area contributed by atoms with Crippen molar-refractivity contribution in [1.82, 2.24) is 18.8 Å². The van der Waals surface area contributed by atoms with E-state index in [9.17, 15) is 31.9 Å². The lowest BCUT2D eigenvalue weighted by atomic mass is 9.70. The molecule has 4 atom stereocenters. The molecule has 16 heteroatoms. The van der Waals surface area contributed by atoms with E-state index in [0.29, 0.717) is 55.5 Å². The molecule has 0 spiro atoms. The summed E-state index contributed by atoms with van der Waals surface area (Å²) in [4.78, 5) is 33.1. The third-order valence-electron chi connectivity index (χ3n) is 12.0. The molecule has 4 aliphatic heterocycles. The number of ether oxygens (including phenoxy) is 2. The van der Waals surface area contributed by atoms with Gasteiger partial charge in [0.05, 0.1) is 37.9 Å². The van der Waals surface area contributed by atoms with Crippen molar-refractivity contribution < 1.29 is 41.4 Å². The predicted molar refractivity (Wildman–Crippen MR) is 208 cm³/mol. The number of fused-ring (bicyclic) bond motifs is 3. The van der Waals surface area contributed by atoms with Crippen LogP contribution in [0.2, 0.25) is 5.02 Å². The van der Waals surface area contributed by atoms with Gasteiger partial charge in [-0.25, -0.2) is 13.5 Å². The van der Waals surface area contributed by atoms with Crippen molar-refractivity contribution in [1.29, 1.82) is 0 Å². The fraction of sp³-hybridized carbons (Fsp3) is 0.600. The van der Waals surface area contributed by atoms with Crippen molar-refractivity contribution >= 4 is 39.3 Å². The Bertz CT molecular complexity index is 1910. The third kappa shape index (κ3) is 9.18. The Hall–Kier alpha value is -3.34. The average molecular weight is 820 g/mol. The second-order valence-corrected chi connectivity index (χ2v) is 18.1. The van der Waals surface area contributed by atoms with Gasteiger partial charge in [0.15, 0.2) is 5.60 Å². The van der Waals surface area contributed by atoms with Gasteiger partial charge in [-0.15, -0.1) is 0 Å². The Kier molecular flexibility index (Phi) is 12.3. The number of carbonyl (C=O) groups is 2. The summed E-state index contributed by atoms with van der Waals surface area (Å²) in [6.45, 7) is 2.43. The van der Waals surface area contributed by atoms with Crippen LogP contribution in [0.3, 0.4) is 0 Å². The van der Waals surface area contributed by atoms with Crippen molar-refractivity contribution in [3.05, 3.63) is 70.3 Å². The topological polar surface area (TPSA) is 132 Å². The maximum absolute atomic E-state index is 14.0. The number of halogens is 3. The van der Waals surface area contributed by atoms with Crippen molar-refractivity contribution in [2.24, 2.45) is 11.8 Å². The molecule has 2 amide bonds. The molecule has 3 fully saturated rings. The van der Waals surface area contributed by atoms with E-state index in [2.05, 4.69) is 9.62 Å². The Morgan fingerprint density at radius 2 is 1.86 bits per heavy atom. The van der Waals surface area contributed by atoms with Crippen LogP contribution >= 0.6 is 11.6 Å². The highest BCUT2D eigenvalue weighted by Crippen LogP contribution is 2.43. The maximum Gasteiger partial charge on any atom is 0.303 e.